The molecule has 2 N–H and O–H groups in total. The maximum Gasteiger partial charge on any atom is 0.243 e. The van der Waals surface area contributed by atoms with Crippen LogP contribution in [0.3, 0.4) is 0 Å². The van der Waals surface area contributed by atoms with Gasteiger partial charge in [0.25, 0.3) is 0 Å². The Morgan fingerprint density at radius 3 is 2.30 bits per heavy atom. The van der Waals surface area contributed by atoms with Crippen molar-refractivity contribution < 1.29 is 9.90 Å². The normalized spacial score (nSPS) is 11.7. The van der Waals surface area contributed by atoms with Gasteiger partial charge in [0.1, 0.15) is 0 Å². The minimum atomic E-state index is -0.719. The van der Waals surface area contributed by atoms with Crippen LogP contribution in [0.4, 0.5) is 0 Å². The number of carbonyl (C=O) groups is 1. The third-order valence-electron chi connectivity index (χ3n) is 3.06. The van der Waals surface area contributed by atoms with E-state index in [0.717, 1.165) is 16.7 Å². The van der Waals surface area contributed by atoms with E-state index >= 15 is 0 Å². The minimum absolute atomic E-state index is 0.176. The number of aliphatic hydroxyl groups is 1. The fourth-order valence-electron chi connectivity index (χ4n) is 1.92. The monoisotopic (exact) mass is 267 g/mol. The number of hydrogen-bond donors (Lipinski definition) is 2. The molecule has 1 amide bonds. The van der Waals surface area contributed by atoms with Crippen molar-refractivity contribution in [1.29, 1.82) is 0 Å². The van der Waals surface area contributed by atoms with Crippen molar-refractivity contribution in [1.82, 2.24) is 5.32 Å². The Kier molecular flexibility index (Phi) is 4.69. The van der Waals surface area contributed by atoms with Gasteiger partial charge in [-0.2, -0.15) is 0 Å². The summed E-state index contributed by atoms with van der Waals surface area (Å²) in [4.78, 5) is 11.0. The van der Waals surface area contributed by atoms with E-state index in [2.05, 4.69) is 11.9 Å². The highest BCUT2D eigenvalue weighted by atomic mass is 16.3. The van der Waals surface area contributed by atoms with E-state index in [4.69, 9.17) is 0 Å². The van der Waals surface area contributed by atoms with Crippen molar-refractivity contribution in [3.8, 4) is 11.1 Å². The molecule has 0 saturated carbocycles. The molecule has 0 aliphatic rings. The number of rotatable bonds is 5. The van der Waals surface area contributed by atoms with Gasteiger partial charge >= 0.3 is 0 Å². The number of amides is 1. The average molecular weight is 267 g/mol. The summed E-state index contributed by atoms with van der Waals surface area (Å²) in [6.45, 7) is 3.54. The molecule has 0 bridgehead atoms. The van der Waals surface area contributed by atoms with Gasteiger partial charge in [-0.1, -0.05) is 61.2 Å². The topological polar surface area (TPSA) is 49.3 Å². The summed E-state index contributed by atoms with van der Waals surface area (Å²) in [6, 6.07) is 17.7. The van der Waals surface area contributed by atoms with Crippen LogP contribution in [0.25, 0.3) is 11.1 Å². The zero-order valence-electron chi connectivity index (χ0n) is 11.1. The first-order valence-electron chi connectivity index (χ1n) is 6.44. The molecule has 2 rings (SSSR count). The summed E-state index contributed by atoms with van der Waals surface area (Å²) in [5, 5.41) is 12.5. The maximum atomic E-state index is 11.0. The molecule has 3 heteroatoms. The van der Waals surface area contributed by atoms with Crippen LogP contribution < -0.4 is 5.32 Å². The first kappa shape index (κ1) is 14.0. The number of benzene rings is 2. The second-order valence-corrected chi connectivity index (χ2v) is 4.45. The summed E-state index contributed by atoms with van der Waals surface area (Å²) >= 11 is 0. The molecule has 1 atom stereocenters. The van der Waals surface area contributed by atoms with Crippen LogP contribution in [0, 0.1) is 0 Å². The molecule has 0 spiro atoms. The smallest absolute Gasteiger partial charge is 0.243 e. The molecule has 0 heterocycles. The standard InChI is InChI=1S/C17H17NO2/c1-2-17(20)18-12-16(19)15-10-8-14(9-11-15)13-6-4-3-5-7-13/h2-11,16,19H,1,12H2,(H,18,20). The van der Waals surface area contributed by atoms with Crippen LogP contribution >= 0.6 is 0 Å². The Morgan fingerprint density at radius 1 is 1.10 bits per heavy atom. The van der Waals surface area contributed by atoms with Crippen molar-refractivity contribution in [3.63, 3.8) is 0 Å². The lowest BCUT2D eigenvalue weighted by Gasteiger charge is -2.12. The van der Waals surface area contributed by atoms with Gasteiger partial charge in [-0.3, -0.25) is 4.79 Å². The van der Waals surface area contributed by atoms with Crippen molar-refractivity contribution in [2.24, 2.45) is 0 Å². The highest BCUT2D eigenvalue weighted by Gasteiger charge is 2.08. The Balaban J connectivity index is 2.04. The highest BCUT2D eigenvalue weighted by molar-refractivity contribution is 5.86. The lowest BCUT2D eigenvalue weighted by Crippen LogP contribution is -2.26. The largest absolute Gasteiger partial charge is 0.387 e. The molecule has 0 aromatic heterocycles. The van der Waals surface area contributed by atoms with Crippen molar-refractivity contribution in [2.75, 3.05) is 6.54 Å². The molecule has 102 valence electrons. The molecule has 0 radical (unpaired) electrons. The molecular formula is C17H17NO2. The van der Waals surface area contributed by atoms with Gasteiger partial charge in [0, 0.05) is 6.54 Å². The Bertz CT molecular complexity index is 576. The van der Waals surface area contributed by atoms with Gasteiger partial charge < -0.3 is 10.4 Å². The van der Waals surface area contributed by atoms with E-state index in [1.54, 1.807) is 0 Å². The zero-order chi connectivity index (χ0) is 14.4. The van der Waals surface area contributed by atoms with Gasteiger partial charge in [-0.15, -0.1) is 0 Å². The molecule has 1 unspecified atom stereocenters. The molecule has 20 heavy (non-hydrogen) atoms. The molecule has 0 aliphatic carbocycles. The van der Waals surface area contributed by atoms with Crippen LogP contribution in [0.15, 0.2) is 67.3 Å². The lowest BCUT2D eigenvalue weighted by atomic mass is 10.0. The Labute approximate surface area is 118 Å². The molecule has 2 aromatic rings. The average Bonchev–Trinajstić information content (AvgIpc) is 2.53. The summed E-state index contributed by atoms with van der Waals surface area (Å²) in [5.74, 6) is -0.287. The number of nitrogens with one attached hydrogen (secondary N) is 1. The highest BCUT2D eigenvalue weighted by Crippen LogP contribution is 2.21. The molecule has 0 fully saturated rings. The van der Waals surface area contributed by atoms with E-state index in [1.165, 1.54) is 6.08 Å². The third-order valence-corrected chi connectivity index (χ3v) is 3.06. The van der Waals surface area contributed by atoms with Crippen LogP contribution in [-0.4, -0.2) is 17.6 Å². The fraction of sp³-hybridized carbons (Fsp3) is 0.118. The second-order valence-electron chi connectivity index (χ2n) is 4.45. The van der Waals surface area contributed by atoms with Crippen LogP contribution in [0.2, 0.25) is 0 Å². The number of hydrogen-bond acceptors (Lipinski definition) is 2. The summed E-state index contributed by atoms with van der Waals surface area (Å²) in [7, 11) is 0. The summed E-state index contributed by atoms with van der Waals surface area (Å²) in [5.41, 5.74) is 3.00. The number of aliphatic hydroxyl groups excluding tert-OH is 1. The van der Waals surface area contributed by atoms with E-state index in [-0.39, 0.29) is 12.5 Å². The fourth-order valence-corrected chi connectivity index (χ4v) is 1.92. The van der Waals surface area contributed by atoms with E-state index < -0.39 is 6.10 Å². The lowest BCUT2D eigenvalue weighted by molar-refractivity contribution is -0.116. The molecular weight excluding hydrogens is 250 g/mol. The van der Waals surface area contributed by atoms with E-state index in [1.807, 2.05) is 54.6 Å². The molecule has 0 saturated heterocycles. The van der Waals surface area contributed by atoms with Gasteiger partial charge in [-0.05, 0) is 22.8 Å². The summed E-state index contributed by atoms with van der Waals surface area (Å²) in [6.07, 6.45) is 0.467. The molecule has 2 aromatic carbocycles. The number of carbonyl (C=O) groups excluding carboxylic acids is 1. The van der Waals surface area contributed by atoms with Crippen molar-refractivity contribution in [3.05, 3.63) is 72.8 Å². The van der Waals surface area contributed by atoms with Gasteiger partial charge in [0.2, 0.25) is 5.91 Å². The van der Waals surface area contributed by atoms with E-state index in [9.17, 15) is 9.90 Å². The third kappa shape index (κ3) is 3.56. The first-order chi connectivity index (χ1) is 9.70. The van der Waals surface area contributed by atoms with Crippen LogP contribution in [-0.2, 0) is 4.79 Å². The SMILES string of the molecule is C=CC(=O)NCC(O)c1ccc(-c2ccccc2)cc1. The predicted molar refractivity (Wildman–Crippen MR) is 80.0 cm³/mol. The van der Waals surface area contributed by atoms with Crippen LogP contribution in [0.5, 0.6) is 0 Å². The first-order valence-corrected chi connectivity index (χ1v) is 6.44. The summed E-state index contributed by atoms with van der Waals surface area (Å²) < 4.78 is 0. The van der Waals surface area contributed by atoms with Crippen LogP contribution in [0.1, 0.15) is 11.7 Å². The second kappa shape index (κ2) is 6.68. The Hall–Kier alpha value is -2.39. The Morgan fingerprint density at radius 2 is 1.70 bits per heavy atom. The van der Waals surface area contributed by atoms with Gasteiger partial charge in [-0.25, -0.2) is 0 Å². The van der Waals surface area contributed by atoms with Crippen molar-refractivity contribution in [2.45, 2.75) is 6.10 Å². The quantitative estimate of drug-likeness (QED) is 0.818. The van der Waals surface area contributed by atoms with Gasteiger partial charge in [0.15, 0.2) is 0 Å². The predicted octanol–water partition coefficient (Wildman–Crippen LogP) is 2.69. The van der Waals surface area contributed by atoms with E-state index in [0.29, 0.717) is 0 Å². The van der Waals surface area contributed by atoms with Crippen molar-refractivity contribution >= 4 is 5.91 Å². The molecule has 3 nitrogen and oxygen atoms in total. The zero-order valence-corrected chi connectivity index (χ0v) is 11.1. The molecule has 0 aliphatic heterocycles. The minimum Gasteiger partial charge on any atom is -0.387 e. The maximum absolute atomic E-state index is 11.0. The van der Waals surface area contributed by atoms with Gasteiger partial charge in [0.05, 0.1) is 6.10 Å².